The molecule has 0 radical (unpaired) electrons. The maximum absolute atomic E-state index is 12.0. The highest BCUT2D eigenvalue weighted by Gasteiger charge is 2.64. The van der Waals surface area contributed by atoms with Crippen LogP contribution in [-0.2, 0) is 9.59 Å². The number of hydrogen-bond donors (Lipinski definition) is 2. The number of aldehydes is 2. The van der Waals surface area contributed by atoms with E-state index in [1.165, 1.54) is 109 Å². The van der Waals surface area contributed by atoms with E-state index in [9.17, 15) is 19.8 Å². The van der Waals surface area contributed by atoms with Crippen molar-refractivity contribution in [1.82, 2.24) is 0 Å². The number of carbonyl (C=O) groups is 2. The first-order chi connectivity index (χ1) is 26.3. The van der Waals surface area contributed by atoms with Gasteiger partial charge in [0.1, 0.15) is 12.6 Å². The molecule has 0 saturated heterocycles. The summed E-state index contributed by atoms with van der Waals surface area (Å²) >= 11 is 0. The Bertz CT molecular complexity index is 1260. The molecule has 2 N–H and O–H groups in total. The Morgan fingerprint density at radius 1 is 0.527 bits per heavy atom. The zero-order valence-corrected chi connectivity index (χ0v) is 36.4. The Labute approximate surface area is 337 Å². The van der Waals surface area contributed by atoms with Gasteiger partial charge in [-0.05, 0) is 220 Å². The van der Waals surface area contributed by atoms with Gasteiger partial charge in [0, 0.05) is 12.8 Å². The van der Waals surface area contributed by atoms with Gasteiger partial charge in [-0.2, -0.15) is 0 Å². The maximum atomic E-state index is 12.0. The van der Waals surface area contributed by atoms with Crippen molar-refractivity contribution in [2.75, 3.05) is 0 Å². The third kappa shape index (κ3) is 6.82. The molecule has 4 heteroatoms. The van der Waals surface area contributed by atoms with Gasteiger partial charge in [-0.15, -0.1) is 0 Å². The van der Waals surface area contributed by atoms with Crippen LogP contribution in [0.5, 0.6) is 0 Å². The SMILES string of the molecule is C[C@H](CCC=O)[C@H]1CC[C@H]2C3C(O)CC4C[C@H](CCC[C@@H]5CC[C@@]6(C)C(CC(O)C7[C@@H]8CC[C@H]([C@H](C)CCC=O)[C@@]8(C)CC[C@@H]76)C5)CC[C@]4(C)[C@H]3CC[C@]12C. The molecule has 0 bridgehead atoms. The molecule has 0 aromatic carbocycles. The topological polar surface area (TPSA) is 74.6 Å². The van der Waals surface area contributed by atoms with E-state index in [1.54, 1.807) is 0 Å². The molecule has 20 atom stereocenters. The van der Waals surface area contributed by atoms with E-state index >= 15 is 0 Å². The zero-order valence-electron chi connectivity index (χ0n) is 36.4. The van der Waals surface area contributed by atoms with E-state index in [0.29, 0.717) is 106 Å². The molecule has 55 heavy (non-hydrogen) atoms. The second-order valence-corrected chi connectivity index (χ2v) is 23.7. The fourth-order valence-electron chi connectivity index (χ4n) is 18.9. The molecular formula is C51H84O4. The van der Waals surface area contributed by atoms with Crippen molar-refractivity contribution in [2.24, 2.45) is 105 Å². The summed E-state index contributed by atoms with van der Waals surface area (Å²) in [4.78, 5) is 22.3. The van der Waals surface area contributed by atoms with Crippen LogP contribution in [0.25, 0.3) is 0 Å². The second kappa shape index (κ2) is 15.7. The number of carbonyl (C=O) groups excluding carboxylic acids is 2. The van der Waals surface area contributed by atoms with Crippen LogP contribution >= 0.6 is 0 Å². The van der Waals surface area contributed by atoms with Gasteiger partial charge in [0.05, 0.1) is 12.2 Å². The molecule has 8 aliphatic rings. The van der Waals surface area contributed by atoms with Crippen LogP contribution in [0.4, 0.5) is 0 Å². The van der Waals surface area contributed by atoms with Gasteiger partial charge in [-0.25, -0.2) is 0 Å². The molecule has 0 aromatic heterocycles. The predicted octanol–water partition coefficient (Wildman–Crippen LogP) is 11.9. The fraction of sp³-hybridized carbons (Fsp3) is 0.961. The average molecular weight is 761 g/mol. The Kier molecular flexibility index (Phi) is 11.7. The van der Waals surface area contributed by atoms with E-state index in [1.807, 2.05) is 0 Å². The van der Waals surface area contributed by atoms with Crippen molar-refractivity contribution in [3.05, 3.63) is 0 Å². The molecule has 0 amide bonds. The van der Waals surface area contributed by atoms with Gasteiger partial charge >= 0.3 is 0 Å². The standard InChI is InChI=1S/C51H84O4/c1-32(10-8-26-52)38-14-16-40-46-42(20-24-50(38,40)5)48(3)22-18-34(28-36(48)30-44(46)54)12-7-13-35-19-23-49(4)37(29-35)31-45(55)47-41-17-15-39(33(2)11-9-27-53)51(41,6)25-21-43(47)49/h26-27,32-47,54-55H,7-25,28-31H2,1-6H3/t32-,33-,34-,35-,36?,37?,38-,39-,40+,41+,42+,43+,44?,45?,46?,47?,48+,49+,50-,51-/m1/s1. The normalized spacial score (nSPS) is 52.7. The van der Waals surface area contributed by atoms with Crippen LogP contribution in [0.2, 0.25) is 0 Å². The van der Waals surface area contributed by atoms with Crippen LogP contribution < -0.4 is 0 Å². The lowest BCUT2D eigenvalue weighted by atomic mass is 9.43. The molecular weight excluding hydrogens is 677 g/mol. The lowest BCUT2D eigenvalue weighted by Gasteiger charge is -2.63. The third-order valence-corrected chi connectivity index (χ3v) is 21.8. The van der Waals surface area contributed by atoms with Crippen molar-refractivity contribution in [3.8, 4) is 0 Å². The molecule has 0 aliphatic heterocycles. The van der Waals surface area contributed by atoms with Crippen LogP contribution in [0.15, 0.2) is 0 Å². The lowest BCUT2D eigenvalue weighted by molar-refractivity contribution is -0.170. The molecule has 4 nitrogen and oxygen atoms in total. The molecule has 8 saturated carbocycles. The minimum Gasteiger partial charge on any atom is -0.393 e. The van der Waals surface area contributed by atoms with Crippen molar-refractivity contribution in [3.63, 3.8) is 0 Å². The summed E-state index contributed by atoms with van der Waals surface area (Å²) in [5.41, 5.74) is 1.49. The van der Waals surface area contributed by atoms with Gasteiger partial charge in [0.2, 0.25) is 0 Å². The van der Waals surface area contributed by atoms with Crippen LogP contribution in [0.1, 0.15) is 189 Å². The van der Waals surface area contributed by atoms with Gasteiger partial charge in [-0.3, -0.25) is 0 Å². The summed E-state index contributed by atoms with van der Waals surface area (Å²) in [6.07, 6.45) is 30.4. The molecule has 0 aromatic rings. The summed E-state index contributed by atoms with van der Waals surface area (Å²) in [6.45, 7) is 15.3. The summed E-state index contributed by atoms with van der Waals surface area (Å²) < 4.78 is 0. The predicted molar refractivity (Wildman–Crippen MR) is 223 cm³/mol. The Morgan fingerprint density at radius 2 is 0.909 bits per heavy atom. The maximum Gasteiger partial charge on any atom is 0.120 e. The average Bonchev–Trinajstić information content (AvgIpc) is 3.70. The molecule has 6 unspecified atom stereocenters. The summed E-state index contributed by atoms with van der Waals surface area (Å²) in [7, 11) is 0. The van der Waals surface area contributed by atoms with Crippen molar-refractivity contribution in [2.45, 2.75) is 201 Å². The summed E-state index contributed by atoms with van der Waals surface area (Å²) in [5.74, 6) is 9.38. The largest absolute Gasteiger partial charge is 0.393 e. The third-order valence-electron chi connectivity index (χ3n) is 21.8. The second-order valence-electron chi connectivity index (χ2n) is 23.7. The highest BCUT2D eigenvalue weighted by Crippen LogP contribution is 2.71. The first kappa shape index (κ1) is 41.0. The highest BCUT2D eigenvalue weighted by atomic mass is 16.3. The van der Waals surface area contributed by atoms with E-state index in [-0.39, 0.29) is 12.2 Å². The Morgan fingerprint density at radius 3 is 1.31 bits per heavy atom. The Balaban J connectivity index is 0.834. The number of fused-ring (bicyclic) bond motifs is 10. The fourth-order valence-corrected chi connectivity index (χ4v) is 18.9. The summed E-state index contributed by atoms with van der Waals surface area (Å²) in [5, 5.41) is 23.9. The monoisotopic (exact) mass is 761 g/mol. The lowest BCUT2D eigenvalue weighted by Crippen LogP contribution is -2.58. The first-order valence-electron chi connectivity index (χ1n) is 24.5. The van der Waals surface area contributed by atoms with Gasteiger partial charge in [0.15, 0.2) is 0 Å². The molecule has 8 fully saturated rings. The number of hydrogen-bond acceptors (Lipinski definition) is 4. The number of rotatable bonds is 12. The van der Waals surface area contributed by atoms with Crippen LogP contribution in [0, 0.1) is 105 Å². The van der Waals surface area contributed by atoms with E-state index in [2.05, 4.69) is 41.5 Å². The van der Waals surface area contributed by atoms with E-state index in [0.717, 1.165) is 50.1 Å². The molecule has 312 valence electrons. The zero-order chi connectivity index (χ0) is 38.9. The van der Waals surface area contributed by atoms with Gasteiger partial charge in [0.25, 0.3) is 0 Å². The van der Waals surface area contributed by atoms with E-state index in [4.69, 9.17) is 0 Å². The van der Waals surface area contributed by atoms with Crippen molar-refractivity contribution in [1.29, 1.82) is 0 Å². The van der Waals surface area contributed by atoms with Crippen molar-refractivity contribution < 1.29 is 19.8 Å². The summed E-state index contributed by atoms with van der Waals surface area (Å²) in [6, 6.07) is 0. The smallest absolute Gasteiger partial charge is 0.120 e. The molecule has 8 aliphatic carbocycles. The van der Waals surface area contributed by atoms with Crippen LogP contribution in [0.3, 0.4) is 0 Å². The highest BCUT2D eigenvalue weighted by molar-refractivity contribution is 5.49. The van der Waals surface area contributed by atoms with Gasteiger partial charge in [-0.1, -0.05) is 60.8 Å². The van der Waals surface area contributed by atoms with E-state index < -0.39 is 0 Å². The minimum absolute atomic E-state index is 0.123. The minimum atomic E-state index is -0.123. The van der Waals surface area contributed by atoms with Crippen LogP contribution in [-0.4, -0.2) is 35.0 Å². The number of aliphatic hydroxyl groups is 2. The van der Waals surface area contributed by atoms with Crippen molar-refractivity contribution >= 4 is 12.6 Å². The quantitative estimate of drug-likeness (QED) is 0.194. The Hall–Kier alpha value is -0.740. The number of aliphatic hydroxyl groups excluding tert-OH is 2. The first-order valence-corrected chi connectivity index (χ1v) is 24.5. The molecule has 0 heterocycles. The molecule has 0 spiro atoms. The molecule has 8 rings (SSSR count). The van der Waals surface area contributed by atoms with Gasteiger partial charge < -0.3 is 19.8 Å².